The fraction of sp³-hybridized carbons (Fsp3) is 0.500. The van der Waals surface area contributed by atoms with Crippen molar-refractivity contribution < 1.29 is 13.6 Å². The van der Waals surface area contributed by atoms with Crippen molar-refractivity contribution in [3.05, 3.63) is 35.4 Å². The Hall–Kier alpha value is -1.49. The summed E-state index contributed by atoms with van der Waals surface area (Å²) in [7, 11) is 1.68. The van der Waals surface area contributed by atoms with Crippen LogP contribution in [0.1, 0.15) is 25.3 Å². The summed E-state index contributed by atoms with van der Waals surface area (Å²) < 4.78 is 26.0. The van der Waals surface area contributed by atoms with E-state index in [4.69, 9.17) is 0 Å². The van der Waals surface area contributed by atoms with E-state index >= 15 is 0 Å². The summed E-state index contributed by atoms with van der Waals surface area (Å²) in [5, 5.41) is 3.19. The number of hydrogen-bond donors (Lipinski definition) is 1. The van der Waals surface area contributed by atoms with Gasteiger partial charge in [0.15, 0.2) is 11.6 Å². The van der Waals surface area contributed by atoms with E-state index in [9.17, 15) is 13.6 Å². The maximum atomic E-state index is 13.1. The smallest absolute Gasteiger partial charge is 0.242 e. The first kappa shape index (κ1) is 13.9. The van der Waals surface area contributed by atoms with Gasteiger partial charge in [-0.25, -0.2) is 8.78 Å². The van der Waals surface area contributed by atoms with Crippen molar-refractivity contribution >= 4 is 5.91 Å². The summed E-state index contributed by atoms with van der Waals surface area (Å²) in [6.07, 6.45) is 1.77. The minimum absolute atomic E-state index is 0.0188. The summed E-state index contributed by atoms with van der Waals surface area (Å²) in [4.78, 5) is 13.9. The highest BCUT2D eigenvalue weighted by molar-refractivity contribution is 5.86. The van der Waals surface area contributed by atoms with Crippen molar-refractivity contribution in [3.63, 3.8) is 0 Å². The van der Waals surface area contributed by atoms with Gasteiger partial charge in [0, 0.05) is 13.6 Å². The molecular formula is C14H18F2N2O. The van der Waals surface area contributed by atoms with Gasteiger partial charge in [-0.1, -0.05) is 6.07 Å². The maximum Gasteiger partial charge on any atom is 0.242 e. The molecule has 3 nitrogen and oxygen atoms in total. The summed E-state index contributed by atoms with van der Waals surface area (Å²) in [5.74, 6) is -1.78. The average molecular weight is 268 g/mol. The predicted octanol–water partition coefficient (Wildman–Crippen LogP) is 2.07. The van der Waals surface area contributed by atoms with Crippen LogP contribution < -0.4 is 5.32 Å². The lowest BCUT2D eigenvalue weighted by Crippen LogP contribution is -2.51. The topological polar surface area (TPSA) is 32.3 Å². The van der Waals surface area contributed by atoms with Crippen LogP contribution in [0.4, 0.5) is 8.78 Å². The van der Waals surface area contributed by atoms with Crippen LogP contribution in [0.5, 0.6) is 0 Å². The third-order valence-corrected chi connectivity index (χ3v) is 3.59. The Balaban J connectivity index is 2.06. The summed E-state index contributed by atoms with van der Waals surface area (Å²) >= 11 is 0. The van der Waals surface area contributed by atoms with Gasteiger partial charge in [-0.2, -0.15) is 0 Å². The Bertz CT molecular complexity index is 484. The summed E-state index contributed by atoms with van der Waals surface area (Å²) in [6, 6.07) is 3.70. The lowest BCUT2D eigenvalue weighted by Gasteiger charge is -2.29. The largest absolute Gasteiger partial charge is 0.340 e. The second-order valence-electron chi connectivity index (χ2n) is 5.27. The number of benzene rings is 1. The first-order valence-electron chi connectivity index (χ1n) is 6.37. The van der Waals surface area contributed by atoms with Crippen molar-refractivity contribution in [2.24, 2.45) is 0 Å². The molecule has 1 unspecified atom stereocenters. The Morgan fingerprint density at radius 2 is 2.16 bits per heavy atom. The molecule has 0 saturated carbocycles. The Labute approximate surface area is 111 Å². The van der Waals surface area contributed by atoms with Gasteiger partial charge in [0.25, 0.3) is 0 Å². The van der Waals surface area contributed by atoms with E-state index in [-0.39, 0.29) is 12.5 Å². The molecule has 19 heavy (non-hydrogen) atoms. The van der Waals surface area contributed by atoms with Crippen LogP contribution in [-0.4, -0.2) is 29.9 Å². The van der Waals surface area contributed by atoms with Gasteiger partial charge in [0.05, 0.1) is 5.54 Å². The molecule has 1 aliphatic heterocycles. The fourth-order valence-corrected chi connectivity index (χ4v) is 2.48. The number of likely N-dealkylation sites (N-methyl/N-ethyl adjacent to an activating group) is 1. The molecule has 1 heterocycles. The third-order valence-electron chi connectivity index (χ3n) is 3.59. The standard InChI is InChI=1S/C14H18F2N2O/c1-14(6-3-7-17-14)13(19)18(2)9-10-4-5-11(15)12(16)8-10/h4-5,8,17H,3,6-7,9H2,1-2H3. The third kappa shape index (κ3) is 2.92. The van der Waals surface area contributed by atoms with E-state index in [0.29, 0.717) is 5.56 Å². The predicted molar refractivity (Wildman–Crippen MR) is 68.5 cm³/mol. The molecule has 0 radical (unpaired) electrons. The Morgan fingerprint density at radius 1 is 1.42 bits per heavy atom. The second kappa shape index (κ2) is 5.25. The van der Waals surface area contributed by atoms with Gasteiger partial charge in [0.2, 0.25) is 5.91 Å². The van der Waals surface area contributed by atoms with Crippen molar-refractivity contribution in [1.82, 2.24) is 10.2 Å². The van der Waals surface area contributed by atoms with Gasteiger partial charge in [-0.05, 0) is 44.0 Å². The molecule has 5 heteroatoms. The minimum Gasteiger partial charge on any atom is -0.340 e. The van der Waals surface area contributed by atoms with E-state index in [2.05, 4.69) is 5.32 Å². The van der Waals surface area contributed by atoms with Crippen LogP contribution in [0.3, 0.4) is 0 Å². The minimum atomic E-state index is -0.886. The average Bonchev–Trinajstić information content (AvgIpc) is 2.81. The normalized spacial score (nSPS) is 22.5. The maximum absolute atomic E-state index is 13.1. The Kier molecular flexibility index (Phi) is 3.85. The Morgan fingerprint density at radius 3 is 2.74 bits per heavy atom. The molecule has 0 spiro atoms. The number of halogens is 2. The number of rotatable bonds is 3. The van der Waals surface area contributed by atoms with Crippen molar-refractivity contribution in [2.45, 2.75) is 31.8 Å². The van der Waals surface area contributed by atoms with E-state index in [1.807, 2.05) is 6.92 Å². The van der Waals surface area contributed by atoms with Crippen LogP contribution in [0, 0.1) is 11.6 Å². The highest BCUT2D eigenvalue weighted by atomic mass is 19.2. The molecule has 1 aliphatic rings. The molecule has 1 aromatic carbocycles. The molecule has 1 amide bonds. The van der Waals surface area contributed by atoms with Crippen LogP contribution in [-0.2, 0) is 11.3 Å². The fourth-order valence-electron chi connectivity index (χ4n) is 2.48. The highest BCUT2D eigenvalue weighted by Gasteiger charge is 2.37. The summed E-state index contributed by atoms with van der Waals surface area (Å²) in [6.45, 7) is 2.98. The lowest BCUT2D eigenvalue weighted by molar-refractivity contribution is -0.136. The zero-order valence-corrected chi connectivity index (χ0v) is 11.2. The van der Waals surface area contributed by atoms with Gasteiger partial charge >= 0.3 is 0 Å². The monoisotopic (exact) mass is 268 g/mol. The summed E-state index contributed by atoms with van der Waals surface area (Å²) in [5.41, 5.74) is 0.0456. The van der Waals surface area contributed by atoms with E-state index in [0.717, 1.165) is 31.5 Å². The molecular weight excluding hydrogens is 250 g/mol. The first-order valence-corrected chi connectivity index (χ1v) is 6.37. The number of nitrogens with one attached hydrogen (secondary N) is 1. The van der Waals surface area contributed by atoms with Crippen LogP contribution >= 0.6 is 0 Å². The number of carbonyl (C=O) groups excluding carboxylic acids is 1. The molecule has 2 rings (SSSR count). The molecule has 0 aromatic heterocycles. The number of amides is 1. The van der Waals surface area contributed by atoms with E-state index in [1.165, 1.54) is 6.07 Å². The van der Waals surface area contributed by atoms with Gasteiger partial charge < -0.3 is 10.2 Å². The zero-order chi connectivity index (χ0) is 14.0. The lowest BCUT2D eigenvalue weighted by atomic mass is 9.98. The van der Waals surface area contributed by atoms with Crippen LogP contribution in [0.2, 0.25) is 0 Å². The van der Waals surface area contributed by atoms with E-state index < -0.39 is 17.2 Å². The molecule has 1 fully saturated rings. The molecule has 1 atom stereocenters. The van der Waals surface area contributed by atoms with Crippen molar-refractivity contribution in [1.29, 1.82) is 0 Å². The molecule has 0 aliphatic carbocycles. The number of hydrogen-bond acceptors (Lipinski definition) is 2. The van der Waals surface area contributed by atoms with Gasteiger partial charge in [-0.15, -0.1) is 0 Å². The first-order chi connectivity index (χ1) is 8.92. The molecule has 1 N–H and O–H groups in total. The highest BCUT2D eigenvalue weighted by Crippen LogP contribution is 2.21. The zero-order valence-electron chi connectivity index (χ0n) is 11.2. The van der Waals surface area contributed by atoms with Gasteiger partial charge in [0.1, 0.15) is 0 Å². The number of carbonyl (C=O) groups is 1. The molecule has 0 bridgehead atoms. The van der Waals surface area contributed by atoms with Gasteiger partial charge in [-0.3, -0.25) is 4.79 Å². The second-order valence-corrected chi connectivity index (χ2v) is 5.27. The quantitative estimate of drug-likeness (QED) is 0.910. The van der Waals surface area contributed by atoms with E-state index in [1.54, 1.807) is 11.9 Å². The SMILES string of the molecule is CN(Cc1ccc(F)c(F)c1)C(=O)C1(C)CCCN1. The van der Waals surface area contributed by atoms with Crippen LogP contribution in [0.15, 0.2) is 18.2 Å². The van der Waals surface area contributed by atoms with Crippen molar-refractivity contribution in [2.75, 3.05) is 13.6 Å². The van der Waals surface area contributed by atoms with Crippen LogP contribution in [0.25, 0.3) is 0 Å². The molecule has 104 valence electrons. The van der Waals surface area contributed by atoms with Crippen molar-refractivity contribution in [3.8, 4) is 0 Å². The molecule has 1 saturated heterocycles. The molecule has 1 aromatic rings. The number of nitrogens with zero attached hydrogens (tertiary/aromatic N) is 1.